The normalized spacial score (nSPS) is 11.7. The van der Waals surface area contributed by atoms with Gasteiger partial charge in [-0.25, -0.2) is 0 Å². The fraction of sp³-hybridized carbons (Fsp3) is 0.875. The molecule has 1 unspecified atom stereocenters. The number of carboxylic acids is 2. The Morgan fingerprint density at radius 1 is 0.526 bits per heavy atom. The maximum Gasteiger partial charge on any atom is 1.00 e. The van der Waals surface area contributed by atoms with E-state index in [1.165, 1.54) is 147 Å². The van der Waals surface area contributed by atoms with Crippen molar-refractivity contribution < 1.29 is 78.9 Å². The standard InChI is InChI=1S/C32H60O4.2Na/c1-2-3-4-5-6-7-8-9-10-11-12-13-14-15-16-17-18-19-20-21-22-23-24-25-26-27-28-30(32(35)36)29-31(33)34;;/h27-28,30H,2-26,29H2,1H3,(H,33,34)(H,35,36);;/q;2*+1/p-2/b28-27+;;. The summed E-state index contributed by atoms with van der Waals surface area (Å²) in [5, 5.41) is 21.4. The van der Waals surface area contributed by atoms with E-state index in [9.17, 15) is 19.8 Å². The summed E-state index contributed by atoms with van der Waals surface area (Å²) in [7, 11) is 0. The predicted molar refractivity (Wildman–Crippen MR) is 148 cm³/mol. The summed E-state index contributed by atoms with van der Waals surface area (Å²) >= 11 is 0. The first-order valence-electron chi connectivity index (χ1n) is 15.6. The van der Waals surface area contributed by atoms with E-state index in [1.807, 2.05) is 0 Å². The molecule has 212 valence electrons. The van der Waals surface area contributed by atoms with E-state index in [0.29, 0.717) is 0 Å². The third-order valence-corrected chi connectivity index (χ3v) is 7.28. The van der Waals surface area contributed by atoms with Gasteiger partial charge in [-0.05, 0) is 19.3 Å². The number of carbonyl (C=O) groups is 2. The summed E-state index contributed by atoms with van der Waals surface area (Å²) in [4.78, 5) is 21.4. The van der Waals surface area contributed by atoms with Crippen LogP contribution in [0.2, 0.25) is 0 Å². The zero-order valence-electron chi connectivity index (χ0n) is 25.7. The zero-order chi connectivity index (χ0) is 26.5. The average Bonchev–Trinajstić information content (AvgIpc) is 2.85. The molecular formula is C32H58Na2O4. The summed E-state index contributed by atoms with van der Waals surface area (Å²) in [5.41, 5.74) is 0. The summed E-state index contributed by atoms with van der Waals surface area (Å²) in [6, 6.07) is 0. The van der Waals surface area contributed by atoms with Crippen molar-refractivity contribution in [1.29, 1.82) is 0 Å². The van der Waals surface area contributed by atoms with E-state index >= 15 is 0 Å². The van der Waals surface area contributed by atoms with Crippen LogP contribution in [0.3, 0.4) is 0 Å². The third kappa shape index (κ3) is 34.7. The Morgan fingerprint density at radius 2 is 0.816 bits per heavy atom. The molecule has 0 aromatic heterocycles. The van der Waals surface area contributed by atoms with Gasteiger partial charge >= 0.3 is 59.1 Å². The topological polar surface area (TPSA) is 80.3 Å². The van der Waals surface area contributed by atoms with Gasteiger partial charge in [-0.3, -0.25) is 0 Å². The van der Waals surface area contributed by atoms with Crippen molar-refractivity contribution >= 4 is 11.9 Å². The largest absolute Gasteiger partial charge is 1.00 e. The first-order valence-corrected chi connectivity index (χ1v) is 15.6. The second-order valence-corrected chi connectivity index (χ2v) is 10.9. The van der Waals surface area contributed by atoms with Crippen molar-refractivity contribution in [3.63, 3.8) is 0 Å². The van der Waals surface area contributed by atoms with E-state index in [0.717, 1.165) is 19.3 Å². The van der Waals surface area contributed by atoms with Gasteiger partial charge in [-0.1, -0.05) is 167 Å². The first kappa shape index (κ1) is 43.1. The average molecular weight is 553 g/mol. The molecule has 1 atom stereocenters. The van der Waals surface area contributed by atoms with Crippen LogP contribution < -0.4 is 69.3 Å². The van der Waals surface area contributed by atoms with Crippen molar-refractivity contribution in [2.75, 3.05) is 0 Å². The molecule has 0 bridgehead atoms. The van der Waals surface area contributed by atoms with E-state index in [4.69, 9.17) is 0 Å². The minimum atomic E-state index is -1.36. The quantitative estimate of drug-likeness (QED) is 0.0806. The molecule has 0 amide bonds. The van der Waals surface area contributed by atoms with E-state index in [2.05, 4.69) is 6.92 Å². The summed E-state index contributed by atoms with van der Waals surface area (Å²) in [6.07, 6.45) is 36.4. The van der Waals surface area contributed by atoms with Crippen LogP contribution in [0.1, 0.15) is 174 Å². The molecule has 0 aliphatic rings. The van der Waals surface area contributed by atoms with Crippen molar-refractivity contribution in [2.45, 2.75) is 174 Å². The number of allylic oxidation sites excluding steroid dienone is 1. The van der Waals surface area contributed by atoms with Gasteiger partial charge in [0.1, 0.15) is 0 Å². The van der Waals surface area contributed by atoms with Gasteiger partial charge < -0.3 is 19.8 Å². The minimum absolute atomic E-state index is 0. The molecule has 0 saturated heterocycles. The molecule has 0 spiro atoms. The predicted octanol–water partition coefficient (Wildman–Crippen LogP) is 1.83. The molecule has 0 rings (SSSR count). The molecule has 0 radical (unpaired) electrons. The van der Waals surface area contributed by atoms with Crippen LogP contribution in [0.25, 0.3) is 0 Å². The SMILES string of the molecule is CCCCCCCCCCCCCCCCCCCCCCCCCC/C=C/C(CC(=O)[O-])C(=O)[O-].[Na+].[Na+]. The van der Waals surface area contributed by atoms with Crippen LogP contribution in [-0.2, 0) is 9.59 Å². The Labute approximate surface area is 280 Å². The first-order chi connectivity index (χ1) is 17.6. The van der Waals surface area contributed by atoms with E-state index in [-0.39, 0.29) is 59.1 Å². The number of aliphatic carboxylic acids is 2. The molecule has 0 heterocycles. The fourth-order valence-corrected chi connectivity index (χ4v) is 4.89. The van der Waals surface area contributed by atoms with E-state index in [1.54, 1.807) is 6.08 Å². The van der Waals surface area contributed by atoms with Gasteiger partial charge in [-0.2, -0.15) is 0 Å². The van der Waals surface area contributed by atoms with Gasteiger partial charge in [0.25, 0.3) is 0 Å². The third-order valence-electron chi connectivity index (χ3n) is 7.28. The molecule has 0 fully saturated rings. The molecule has 0 saturated carbocycles. The number of unbranched alkanes of at least 4 members (excludes halogenated alkanes) is 24. The van der Waals surface area contributed by atoms with Crippen molar-refractivity contribution in [3.05, 3.63) is 12.2 Å². The van der Waals surface area contributed by atoms with Gasteiger partial charge in [-0.15, -0.1) is 0 Å². The molecule has 6 heteroatoms. The smallest absolute Gasteiger partial charge is 0.550 e. The second kappa shape index (κ2) is 35.7. The molecule has 4 nitrogen and oxygen atoms in total. The maximum atomic E-state index is 10.9. The Bertz CT molecular complexity index is 526. The molecule has 0 aromatic rings. The fourth-order valence-electron chi connectivity index (χ4n) is 4.89. The van der Waals surface area contributed by atoms with Crippen LogP contribution in [-0.4, -0.2) is 11.9 Å². The van der Waals surface area contributed by atoms with Crippen LogP contribution in [0, 0.1) is 5.92 Å². The number of hydrogen-bond donors (Lipinski definition) is 0. The van der Waals surface area contributed by atoms with Crippen LogP contribution >= 0.6 is 0 Å². The van der Waals surface area contributed by atoms with Crippen LogP contribution in [0.4, 0.5) is 0 Å². The molecule has 0 N–H and O–H groups in total. The van der Waals surface area contributed by atoms with Crippen LogP contribution in [0.5, 0.6) is 0 Å². The van der Waals surface area contributed by atoms with E-state index < -0.39 is 24.3 Å². The Kier molecular flexibility index (Phi) is 40.5. The van der Waals surface area contributed by atoms with Crippen molar-refractivity contribution in [3.8, 4) is 0 Å². The maximum absolute atomic E-state index is 10.9. The van der Waals surface area contributed by atoms with Crippen molar-refractivity contribution in [2.24, 2.45) is 5.92 Å². The molecule has 0 aliphatic heterocycles. The molecular weight excluding hydrogens is 494 g/mol. The minimum Gasteiger partial charge on any atom is -0.550 e. The number of hydrogen-bond acceptors (Lipinski definition) is 4. The zero-order valence-corrected chi connectivity index (χ0v) is 29.7. The Hall–Kier alpha value is 0.680. The molecule has 38 heavy (non-hydrogen) atoms. The summed E-state index contributed by atoms with van der Waals surface area (Å²) in [6.45, 7) is 2.29. The Morgan fingerprint density at radius 3 is 1.08 bits per heavy atom. The van der Waals surface area contributed by atoms with Crippen molar-refractivity contribution in [1.82, 2.24) is 0 Å². The monoisotopic (exact) mass is 552 g/mol. The van der Waals surface area contributed by atoms with Gasteiger partial charge in [0.05, 0.1) is 0 Å². The Balaban J connectivity index is -0.00000612. The number of carboxylic acid groups (broad SMARTS) is 2. The van der Waals surface area contributed by atoms with Crippen LogP contribution in [0.15, 0.2) is 12.2 Å². The summed E-state index contributed by atoms with van der Waals surface area (Å²) < 4.78 is 0. The molecule has 0 aliphatic carbocycles. The summed E-state index contributed by atoms with van der Waals surface area (Å²) in [5.74, 6) is -3.79. The number of carbonyl (C=O) groups excluding carboxylic acids is 2. The molecule has 0 aromatic carbocycles. The van der Waals surface area contributed by atoms with Gasteiger partial charge in [0.15, 0.2) is 0 Å². The van der Waals surface area contributed by atoms with Gasteiger partial charge in [0.2, 0.25) is 0 Å². The second-order valence-electron chi connectivity index (χ2n) is 10.9. The number of rotatable bonds is 29. The van der Waals surface area contributed by atoms with Gasteiger partial charge in [0, 0.05) is 17.9 Å².